The monoisotopic (exact) mass is 506 g/mol. The predicted molar refractivity (Wildman–Crippen MR) is 137 cm³/mol. The van der Waals surface area contributed by atoms with E-state index < -0.39 is 5.97 Å². The van der Waals surface area contributed by atoms with E-state index in [0.29, 0.717) is 28.1 Å². The van der Waals surface area contributed by atoms with Gasteiger partial charge in [0, 0.05) is 27.2 Å². The zero-order chi connectivity index (χ0) is 24.1. The summed E-state index contributed by atoms with van der Waals surface area (Å²) in [4.78, 5) is 27.4. The molecule has 1 N–H and O–H groups in total. The van der Waals surface area contributed by atoms with Crippen LogP contribution in [0.4, 0.5) is 5.00 Å². The zero-order valence-corrected chi connectivity index (χ0v) is 22.3. The lowest BCUT2D eigenvalue weighted by Crippen LogP contribution is -2.16. The van der Waals surface area contributed by atoms with Gasteiger partial charge in [0.25, 0.3) is 0 Å². The van der Waals surface area contributed by atoms with Gasteiger partial charge in [-0.1, -0.05) is 39.5 Å². The van der Waals surface area contributed by atoms with Crippen LogP contribution in [0.1, 0.15) is 65.7 Å². The number of esters is 1. The fraction of sp³-hybridized carbons (Fsp3) is 0.478. The first-order valence-corrected chi connectivity index (χ1v) is 13.6. The Kier molecular flexibility index (Phi) is 8.72. The van der Waals surface area contributed by atoms with Crippen LogP contribution in [0.3, 0.4) is 0 Å². The molecule has 0 unspecified atom stereocenters. The third-order valence-electron chi connectivity index (χ3n) is 5.15. The summed E-state index contributed by atoms with van der Waals surface area (Å²) in [5.74, 6) is 0.842. The van der Waals surface area contributed by atoms with Crippen LogP contribution >= 0.6 is 34.4 Å². The Morgan fingerprint density at radius 1 is 1.27 bits per heavy atom. The largest absolute Gasteiger partial charge is 0.465 e. The van der Waals surface area contributed by atoms with Crippen molar-refractivity contribution in [3.63, 3.8) is 0 Å². The van der Waals surface area contributed by atoms with Crippen LogP contribution in [-0.4, -0.2) is 39.5 Å². The second-order valence-electron chi connectivity index (χ2n) is 7.87. The number of anilines is 1. The van der Waals surface area contributed by atoms with Crippen molar-refractivity contribution in [2.24, 2.45) is 0 Å². The lowest BCUT2D eigenvalue weighted by molar-refractivity contribution is -0.113. The molecule has 0 saturated heterocycles. The van der Waals surface area contributed by atoms with E-state index in [9.17, 15) is 9.59 Å². The first-order valence-electron chi connectivity index (χ1n) is 11.0. The normalized spacial score (nSPS) is 11.2. The molecule has 0 aliphatic rings. The first kappa shape index (κ1) is 25.5. The molecule has 0 aliphatic carbocycles. The lowest BCUT2D eigenvalue weighted by atomic mass is 10.1. The standard InChI is InChI=1S/C23H30N4O3S3/c1-7-9-27-20(15-10-17(13(3)4)31-11-15)25-26-23(27)32-12-18(28)24-21-19(22(29)30-6)16(8-2)14(5)33-21/h10-11,13H,7-9,12H2,1-6H3,(H,24,28). The predicted octanol–water partition coefficient (Wildman–Crippen LogP) is 5.99. The summed E-state index contributed by atoms with van der Waals surface area (Å²) in [7, 11) is 1.35. The van der Waals surface area contributed by atoms with E-state index in [0.717, 1.165) is 34.8 Å². The van der Waals surface area contributed by atoms with Gasteiger partial charge in [0.2, 0.25) is 5.91 Å². The van der Waals surface area contributed by atoms with E-state index in [1.165, 1.54) is 35.1 Å². The van der Waals surface area contributed by atoms with Crippen LogP contribution in [0, 0.1) is 6.92 Å². The highest BCUT2D eigenvalue weighted by molar-refractivity contribution is 7.99. The number of aromatic nitrogens is 3. The fourth-order valence-corrected chi connectivity index (χ4v) is 6.33. The van der Waals surface area contributed by atoms with E-state index in [2.05, 4.69) is 52.3 Å². The maximum atomic E-state index is 12.7. The van der Waals surface area contributed by atoms with Crippen molar-refractivity contribution in [1.82, 2.24) is 14.8 Å². The molecule has 0 aliphatic heterocycles. The number of carbonyl (C=O) groups is 2. The van der Waals surface area contributed by atoms with Crippen LogP contribution in [0.25, 0.3) is 11.4 Å². The molecule has 0 atom stereocenters. The topological polar surface area (TPSA) is 86.1 Å². The smallest absolute Gasteiger partial charge is 0.341 e. The number of methoxy groups -OCH3 is 1. The number of nitrogens with one attached hydrogen (secondary N) is 1. The summed E-state index contributed by atoms with van der Waals surface area (Å²) < 4.78 is 7.02. The SMILES string of the molecule is CCCn1c(SCC(=O)Nc2sc(C)c(CC)c2C(=O)OC)nnc1-c1csc(C(C)C)c1. The number of carbonyl (C=O) groups excluding carboxylic acids is 2. The van der Waals surface area contributed by atoms with E-state index in [-0.39, 0.29) is 11.7 Å². The molecule has 7 nitrogen and oxygen atoms in total. The molecule has 0 bridgehead atoms. The Morgan fingerprint density at radius 3 is 2.64 bits per heavy atom. The molecular formula is C23H30N4O3S3. The van der Waals surface area contributed by atoms with E-state index in [1.54, 1.807) is 11.3 Å². The number of hydrogen-bond donors (Lipinski definition) is 1. The number of nitrogens with zero attached hydrogens (tertiary/aromatic N) is 3. The number of thiophene rings is 2. The van der Waals surface area contributed by atoms with Gasteiger partial charge in [-0.15, -0.1) is 32.9 Å². The molecule has 33 heavy (non-hydrogen) atoms. The van der Waals surface area contributed by atoms with Crippen molar-refractivity contribution < 1.29 is 14.3 Å². The van der Waals surface area contributed by atoms with E-state index in [4.69, 9.17) is 4.74 Å². The zero-order valence-electron chi connectivity index (χ0n) is 19.9. The third-order valence-corrected chi connectivity index (χ3v) is 8.41. The van der Waals surface area contributed by atoms with Gasteiger partial charge in [0.1, 0.15) is 5.00 Å². The van der Waals surface area contributed by atoms with Gasteiger partial charge in [-0.25, -0.2) is 4.79 Å². The number of aryl methyl sites for hydroxylation is 1. The highest BCUT2D eigenvalue weighted by Crippen LogP contribution is 2.35. The highest BCUT2D eigenvalue weighted by Gasteiger charge is 2.23. The molecule has 0 saturated carbocycles. The number of thioether (sulfide) groups is 1. The molecule has 3 heterocycles. The van der Waals surface area contributed by atoms with Crippen LogP contribution in [-0.2, 0) is 22.5 Å². The summed E-state index contributed by atoms with van der Waals surface area (Å²) in [5.41, 5.74) is 2.43. The number of rotatable bonds is 10. The lowest BCUT2D eigenvalue weighted by Gasteiger charge is -2.09. The van der Waals surface area contributed by atoms with Gasteiger partial charge < -0.3 is 14.6 Å². The number of amides is 1. The molecule has 0 radical (unpaired) electrons. The minimum absolute atomic E-state index is 0.168. The van der Waals surface area contributed by atoms with Crippen LogP contribution in [0.2, 0.25) is 0 Å². The molecule has 3 rings (SSSR count). The van der Waals surface area contributed by atoms with Crippen molar-refractivity contribution in [2.45, 2.75) is 65.1 Å². The van der Waals surface area contributed by atoms with Gasteiger partial charge in [-0.3, -0.25) is 4.79 Å². The molecule has 3 aromatic heterocycles. The minimum Gasteiger partial charge on any atom is -0.465 e. The summed E-state index contributed by atoms with van der Waals surface area (Å²) in [6.45, 7) is 11.2. The Bertz CT molecular complexity index is 1130. The quantitative estimate of drug-likeness (QED) is 0.268. The van der Waals surface area contributed by atoms with Gasteiger partial charge in [-0.05, 0) is 37.3 Å². The Labute approximate surface area is 207 Å². The fourth-order valence-electron chi connectivity index (χ4n) is 3.51. The van der Waals surface area contributed by atoms with Gasteiger partial charge in [0.05, 0.1) is 18.4 Å². The van der Waals surface area contributed by atoms with Crippen molar-refractivity contribution in [3.05, 3.63) is 32.3 Å². The van der Waals surface area contributed by atoms with Crippen molar-refractivity contribution in [2.75, 3.05) is 18.2 Å². The minimum atomic E-state index is -0.428. The van der Waals surface area contributed by atoms with Crippen molar-refractivity contribution in [1.29, 1.82) is 0 Å². The molecular weight excluding hydrogens is 476 g/mol. The second-order valence-corrected chi connectivity index (χ2v) is 11.0. The number of ether oxygens (including phenoxy) is 1. The Balaban J connectivity index is 1.76. The molecule has 0 fully saturated rings. The Morgan fingerprint density at radius 2 is 2.03 bits per heavy atom. The first-order chi connectivity index (χ1) is 15.8. The average Bonchev–Trinajstić information content (AvgIpc) is 3.49. The summed E-state index contributed by atoms with van der Waals surface area (Å²) >= 11 is 4.48. The van der Waals surface area contributed by atoms with Crippen molar-refractivity contribution >= 4 is 51.3 Å². The molecule has 10 heteroatoms. The maximum Gasteiger partial charge on any atom is 0.341 e. The van der Waals surface area contributed by atoms with Gasteiger partial charge >= 0.3 is 5.97 Å². The molecule has 3 aromatic rings. The second kappa shape index (κ2) is 11.3. The average molecular weight is 507 g/mol. The molecule has 0 aromatic carbocycles. The summed E-state index contributed by atoms with van der Waals surface area (Å²) in [6.07, 6.45) is 1.63. The third kappa shape index (κ3) is 5.67. The molecule has 0 spiro atoms. The molecule has 178 valence electrons. The van der Waals surface area contributed by atoms with Crippen LogP contribution in [0.15, 0.2) is 16.6 Å². The van der Waals surface area contributed by atoms with Crippen LogP contribution in [0.5, 0.6) is 0 Å². The Hall–Kier alpha value is -2.17. The highest BCUT2D eigenvalue weighted by atomic mass is 32.2. The maximum absolute atomic E-state index is 12.7. The van der Waals surface area contributed by atoms with Gasteiger partial charge in [0.15, 0.2) is 11.0 Å². The van der Waals surface area contributed by atoms with E-state index >= 15 is 0 Å². The van der Waals surface area contributed by atoms with Crippen LogP contribution < -0.4 is 5.32 Å². The van der Waals surface area contributed by atoms with Gasteiger partial charge in [-0.2, -0.15) is 0 Å². The summed E-state index contributed by atoms with van der Waals surface area (Å²) in [6, 6.07) is 2.17. The van der Waals surface area contributed by atoms with E-state index in [1.807, 2.05) is 13.8 Å². The summed E-state index contributed by atoms with van der Waals surface area (Å²) in [5, 5.41) is 15.1. The number of hydrogen-bond acceptors (Lipinski definition) is 8. The van der Waals surface area contributed by atoms with Crippen molar-refractivity contribution in [3.8, 4) is 11.4 Å². The molecule has 1 amide bonds.